The van der Waals surface area contributed by atoms with Crippen molar-refractivity contribution in [2.24, 2.45) is 0 Å². The number of benzene rings is 3. The topological polar surface area (TPSA) is 53.4 Å². The van der Waals surface area contributed by atoms with Gasteiger partial charge in [0.15, 0.2) is 0 Å². The number of methoxy groups -OCH3 is 1. The lowest BCUT2D eigenvalue weighted by atomic mass is 9.94. The van der Waals surface area contributed by atoms with E-state index in [0.717, 1.165) is 53.1 Å². The van der Waals surface area contributed by atoms with E-state index in [0.29, 0.717) is 18.1 Å². The molecule has 5 rings (SSSR count). The zero-order chi connectivity index (χ0) is 24.5. The lowest BCUT2D eigenvalue weighted by molar-refractivity contribution is -0.141. The van der Waals surface area contributed by atoms with Gasteiger partial charge in [0.05, 0.1) is 36.9 Å². The van der Waals surface area contributed by atoms with Crippen LogP contribution >= 0.6 is 11.6 Å². The molecule has 0 saturated heterocycles. The number of carbonyl (C=O) groups is 1. The number of carbonyl (C=O) groups excluding carboxylic acids is 1. The average molecular weight is 489 g/mol. The number of imidazole rings is 1. The fraction of sp³-hybridized carbons (Fsp3) is 0.310. The maximum absolute atomic E-state index is 11.7. The lowest BCUT2D eigenvalue weighted by Crippen LogP contribution is -2.09. The van der Waals surface area contributed by atoms with Gasteiger partial charge in [-0.05, 0) is 66.8 Å². The molecule has 6 heteroatoms. The van der Waals surface area contributed by atoms with E-state index in [1.165, 1.54) is 23.8 Å². The van der Waals surface area contributed by atoms with Crippen molar-refractivity contribution in [3.05, 3.63) is 87.7 Å². The number of ether oxygens (including phenoxy) is 2. The molecule has 0 N–H and O–H groups in total. The number of esters is 1. The molecule has 1 aromatic heterocycles. The number of hydrogen-bond acceptors (Lipinski definition) is 4. The summed E-state index contributed by atoms with van der Waals surface area (Å²) in [7, 11) is 1.42. The quantitative estimate of drug-likeness (QED) is 0.283. The molecule has 0 fully saturated rings. The Morgan fingerprint density at radius 3 is 2.83 bits per heavy atom. The summed E-state index contributed by atoms with van der Waals surface area (Å²) in [6, 6.07) is 18.7. The third-order valence-corrected chi connectivity index (χ3v) is 7.18. The minimum absolute atomic E-state index is 0.0664. The number of halogens is 1. The number of aromatic nitrogens is 2. The zero-order valence-corrected chi connectivity index (χ0v) is 21.1. The van der Waals surface area contributed by atoms with Gasteiger partial charge >= 0.3 is 5.97 Å². The largest absolute Gasteiger partial charge is 0.493 e. The normalized spacial score (nSPS) is 14.7. The molecule has 0 amide bonds. The number of hydrogen-bond donors (Lipinski definition) is 0. The molecule has 1 atom stereocenters. The predicted octanol–water partition coefficient (Wildman–Crippen LogP) is 6.37. The fourth-order valence-corrected chi connectivity index (χ4v) is 5.16. The zero-order valence-electron chi connectivity index (χ0n) is 20.3. The second-order valence-corrected chi connectivity index (χ2v) is 9.51. The molecule has 180 valence electrons. The predicted molar refractivity (Wildman–Crippen MR) is 139 cm³/mol. The molecule has 3 aromatic carbocycles. The molecule has 1 aliphatic rings. The summed E-state index contributed by atoms with van der Waals surface area (Å²) in [6.07, 6.45) is 3.00. The number of rotatable bonds is 7. The number of nitrogens with zero attached hydrogens (tertiary/aromatic N) is 2. The standard InChI is InChI=1S/C29H29ClN2O3/c1-4-28-31-24-13-11-22(30)16-26(24)32(28)25-7-5-6-20(18(25)2)10-8-19-9-12-23-21(15-29(33)34-3)17-35-27(23)14-19/h5-7,9,11-14,16,21H,4,8,10,15,17H2,1-3H3/t21-/m1/s1. The van der Waals surface area contributed by atoms with Gasteiger partial charge in [-0.25, -0.2) is 4.98 Å². The van der Waals surface area contributed by atoms with Crippen LogP contribution in [0.3, 0.4) is 0 Å². The lowest BCUT2D eigenvalue weighted by Gasteiger charge is -2.15. The van der Waals surface area contributed by atoms with Gasteiger partial charge in [0, 0.05) is 22.9 Å². The molecule has 0 radical (unpaired) electrons. The monoisotopic (exact) mass is 488 g/mol. The van der Waals surface area contributed by atoms with Crippen molar-refractivity contribution in [1.29, 1.82) is 0 Å². The Labute approximate surface area is 210 Å². The molecule has 4 aromatic rings. The van der Waals surface area contributed by atoms with Crippen LogP contribution in [-0.2, 0) is 28.8 Å². The van der Waals surface area contributed by atoms with Crippen LogP contribution in [0.15, 0.2) is 54.6 Å². The minimum Gasteiger partial charge on any atom is -0.493 e. The Hall–Kier alpha value is -3.31. The Kier molecular flexibility index (Phi) is 6.52. The van der Waals surface area contributed by atoms with Crippen molar-refractivity contribution in [2.45, 2.75) is 45.4 Å². The van der Waals surface area contributed by atoms with E-state index in [4.69, 9.17) is 26.1 Å². The summed E-state index contributed by atoms with van der Waals surface area (Å²) in [5.74, 6) is 1.78. The molecule has 0 unspecified atom stereocenters. The molecule has 0 aliphatic carbocycles. The number of aryl methyl sites for hydroxylation is 3. The SMILES string of the molecule is CCc1nc2ccc(Cl)cc2n1-c1cccc(CCc2ccc3c(c2)OC[C@H]3CC(=O)OC)c1C. The van der Waals surface area contributed by atoms with Gasteiger partial charge in [-0.1, -0.05) is 42.8 Å². The molecule has 2 heterocycles. The highest BCUT2D eigenvalue weighted by Crippen LogP contribution is 2.37. The van der Waals surface area contributed by atoms with Gasteiger partial charge in [0.2, 0.25) is 0 Å². The van der Waals surface area contributed by atoms with Crippen molar-refractivity contribution in [3.8, 4) is 11.4 Å². The van der Waals surface area contributed by atoms with E-state index in [2.05, 4.69) is 54.8 Å². The first kappa shape index (κ1) is 23.4. The van der Waals surface area contributed by atoms with Crippen molar-refractivity contribution < 1.29 is 14.3 Å². The Morgan fingerprint density at radius 2 is 2.03 bits per heavy atom. The van der Waals surface area contributed by atoms with Crippen LogP contribution in [-0.4, -0.2) is 29.2 Å². The third-order valence-electron chi connectivity index (χ3n) is 6.94. The van der Waals surface area contributed by atoms with Crippen LogP contribution in [0.4, 0.5) is 0 Å². The van der Waals surface area contributed by atoms with Crippen molar-refractivity contribution in [1.82, 2.24) is 9.55 Å². The molecule has 0 saturated carbocycles. The Morgan fingerprint density at radius 1 is 1.17 bits per heavy atom. The smallest absolute Gasteiger partial charge is 0.306 e. The molecular weight excluding hydrogens is 460 g/mol. The Balaban J connectivity index is 1.39. The summed E-state index contributed by atoms with van der Waals surface area (Å²) in [4.78, 5) is 16.5. The van der Waals surface area contributed by atoms with Gasteiger partial charge < -0.3 is 9.47 Å². The van der Waals surface area contributed by atoms with Gasteiger partial charge in [-0.3, -0.25) is 9.36 Å². The molecule has 1 aliphatic heterocycles. The Bertz CT molecular complexity index is 1410. The van der Waals surface area contributed by atoms with Crippen LogP contribution < -0.4 is 4.74 Å². The second-order valence-electron chi connectivity index (χ2n) is 9.07. The number of fused-ring (bicyclic) bond motifs is 2. The van der Waals surface area contributed by atoms with Crippen molar-refractivity contribution >= 4 is 28.6 Å². The minimum atomic E-state index is -0.204. The molecule has 0 bridgehead atoms. The van der Waals surface area contributed by atoms with Crippen molar-refractivity contribution in [3.63, 3.8) is 0 Å². The first-order valence-electron chi connectivity index (χ1n) is 12.1. The molecular formula is C29H29ClN2O3. The van der Waals surface area contributed by atoms with Gasteiger partial charge in [-0.15, -0.1) is 0 Å². The second kappa shape index (κ2) is 9.74. The summed E-state index contributed by atoms with van der Waals surface area (Å²) in [6.45, 7) is 4.84. The van der Waals surface area contributed by atoms with Crippen LogP contribution in [0.2, 0.25) is 5.02 Å². The van der Waals surface area contributed by atoms with Gasteiger partial charge in [0.1, 0.15) is 11.6 Å². The third kappa shape index (κ3) is 4.53. The average Bonchev–Trinajstić information content (AvgIpc) is 3.43. The highest BCUT2D eigenvalue weighted by molar-refractivity contribution is 6.31. The fourth-order valence-electron chi connectivity index (χ4n) is 5.00. The van der Waals surface area contributed by atoms with E-state index in [1.807, 2.05) is 18.2 Å². The van der Waals surface area contributed by atoms with E-state index in [9.17, 15) is 4.79 Å². The summed E-state index contributed by atoms with van der Waals surface area (Å²) in [5.41, 5.74) is 8.01. The van der Waals surface area contributed by atoms with E-state index >= 15 is 0 Å². The van der Waals surface area contributed by atoms with E-state index < -0.39 is 0 Å². The van der Waals surface area contributed by atoms with Crippen LogP contribution in [0, 0.1) is 6.92 Å². The van der Waals surface area contributed by atoms with Crippen LogP contribution in [0.1, 0.15) is 47.3 Å². The van der Waals surface area contributed by atoms with Crippen LogP contribution in [0.25, 0.3) is 16.7 Å². The molecule has 35 heavy (non-hydrogen) atoms. The van der Waals surface area contributed by atoms with Crippen molar-refractivity contribution in [2.75, 3.05) is 13.7 Å². The van der Waals surface area contributed by atoms with E-state index in [1.54, 1.807) is 0 Å². The summed E-state index contributed by atoms with van der Waals surface area (Å²) in [5, 5.41) is 0.711. The van der Waals surface area contributed by atoms with Gasteiger partial charge in [0.25, 0.3) is 0 Å². The maximum Gasteiger partial charge on any atom is 0.306 e. The maximum atomic E-state index is 11.7. The molecule has 5 nitrogen and oxygen atoms in total. The van der Waals surface area contributed by atoms with Gasteiger partial charge in [-0.2, -0.15) is 0 Å². The van der Waals surface area contributed by atoms with Crippen LogP contribution in [0.5, 0.6) is 5.75 Å². The first-order chi connectivity index (χ1) is 17.0. The summed E-state index contributed by atoms with van der Waals surface area (Å²) < 4.78 is 13.0. The first-order valence-corrected chi connectivity index (χ1v) is 12.4. The van der Waals surface area contributed by atoms with E-state index in [-0.39, 0.29) is 11.9 Å². The summed E-state index contributed by atoms with van der Waals surface area (Å²) >= 11 is 6.33. The highest BCUT2D eigenvalue weighted by Gasteiger charge is 2.27. The highest BCUT2D eigenvalue weighted by atomic mass is 35.5. The molecule has 0 spiro atoms.